The Morgan fingerprint density at radius 2 is 0.952 bits per heavy atom. The predicted molar refractivity (Wildman–Crippen MR) is 172 cm³/mol. The molecule has 0 aromatic heterocycles. The normalized spacial score (nSPS) is 16.4. The van der Waals surface area contributed by atoms with Crippen LogP contribution in [-0.4, -0.2) is 0 Å². The van der Waals surface area contributed by atoms with E-state index in [1.54, 1.807) is 0 Å². The average Bonchev–Trinajstić information content (AvgIpc) is 3.06. The molecule has 0 aliphatic carbocycles. The number of benzene rings is 6. The van der Waals surface area contributed by atoms with Crippen molar-refractivity contribution in [3.8, 4) is 33.8 Å². The van der Waals surface area contributed by atoms with Gasteiger partial charge in [0.1, 0.15) is 11.5 Å². The molecule has 2 unspecified atom stereocenters. The Morgan fingerprint density at radius 3 is 1.60 bits per heavy atom. The monoisotopic (exact) mass is 584 g/mol. The van der Waals surface area contributed by atoms with Gasteiger partial charge in [0.2, 0.25) is 0 Å². The van der Waals surface area contributed by atoms with Crippen molar-refractivity contribution in [2.24, 2.45) is 0 Å². The first-order valence-corrected chi connectivity index (χ1v) is 16.3. The van der Waals surface area contributed by atoms with Crippen molar-refractivity contribution in [2.75, 3.05) is 0 Å². The maximum Gasteiger partial charge on any atom is 0.266 e. The molecular formula is C36H26O4P2. The lowest BCUT2D eigenvalue weighted by Crippen LogP contribution is -2.16. The van der Waals surface area contributed by atoms with Crippen molar-refractivity contribution < 1.29 is 18.1 Å². The first-order chi connectivity index (χ1) is 20.8. The third-order valence-electron chi connectivity index (χ3n) is 7.72. The summed E-state index contributed by atoms with van der Waals surface area (Å²) in [4.78, 5) is 0. The maximum atomic E-state index is 6.66. The summed E-state index contributed by atoms with van der Waals surface area (Å²) in [5, 5.41) is 4.52. The Morgan fingerprint density at radius 1 is 0.452 bits per heavy atom. The van der Waals surface area contributed by atoms with Gasteiger partial charge in [-0.3, -0.25) is 0 Å². The van der Waals surface area contributed by atoms with E-state index < -0.39 is 16.8 Å². The van der Waals surface area contributed by atoms with Gasteiger partial charge >= 0.3 is 0 Å². The lowest BCUT2D eigenvalue weighted by molar-refractivity contribution is 0.291. The quantitative estimate of drug-likeness (QED) is 0.183. The van der Waals surface area contributed by atoms with Crippen molar-refractivity contribution in [2.45, 2.75) is 13.2 Å². The van der Waals surface area contributed by atoms with Gasteiger partial charge in [0.15, 0.2) is 0 Å². The zero-order chi connectivity index (χ0) is 27.9. The molecule has 0 bridgehead atoms. The zero-order valence-electron chi connectivity index (χ0n) is 22.6. The Kier molecular flexibility index (Phi) is 6.71. The fraction of sp³-hybridized carbons (Fsp3) is 0.0556. The summed E-state index contributed by atoms with van der Waals surface area (Å²) >= 11 is 0. The van der Waals surface area contributed by atoms with Crippen LogP contribution in [0.15, 0.2) is 133 Å². The van der Waals surface area contributed by atoms with Crippen LogP contribution in [0, 0.1) is 0 Å². The third-order valence-corrected chi connectivity index (χ3v) is 10.7. The lowest BCUT2D eigenvalue weighted by Gasteiger charge is -2.28. The number of rotatable bonds is 6. The van der Waals surface area contributed by atoms with Crippen LogP contribution < -0.4 is 19.7 Å². The topological polar surface area (TPSA) is 36.9 Å². The largest absolute Gasteiger partial charge is 0.443 e. The van der Waals surface area contributed by atoms with E-state index in [1.165, 1.54) is 16.5 Å². The summed E-state index contributed by atoms with van der Waals surface area (Å²) in [7, 11) is -2.61. The van der Waals surface area contributed by atoms with Crippen LogP contribution in [-0.2, 0) is 22.3 Å². The van der Waals surface area contributed by atoms with Crippen LogP contribution in [0.1, 0.15) is 11.1 Å². The van der Waals surface area contributed by atoms with Crippen LogP contribution in [0.4, 0.5) is 0 Å². The molecule has 0 saturated heterocycles. The second-order valence-electron chi connectivity index (χ2n) is 10.2. The van der Waals surface area contributed by atoms with E-state index in [-0.39, 0.29) is 0 Å². The van der Waals surface area contributed by atoms with Crippen molar-refractivity contribution in [3.63, 3.8) is 0 Å². The molecule has 6 aromatic carbocycles. The summed E-state index contributed by atoms with van der Waals surface area (Å²) in [6.45, 7) is 0.810. The van der Waals surface area contributed by atoms with Gasteiger partial charge in [0.05, 0.1) is 23.8 Å². The van der Waals surface area contributed by atoms with E-state index in [0.29, 0.717) is 13.2 Å². The molecule has 2 atom stereocenters. The van der Waals surface area contributed by atoms with Gasteiger partial charge in [-0.15, -0.1) is 0 Å². The van der Waals surface area contributed by atoms with Gasteiger partial charge in [-0.25, -0.2) is 0 Å². The van der Waals surface area contributed by atoms with Gasteiger partial charge in [0.25, 0.3) is 16.8 Å². The van der Waals surface area contributed by atoms with Crippen LogP contribution in [0.25, 0.3) is 33.0 Å². The lowest BCUT2D eigenvalue weighted by atomic mass is 10.00. The van der Waals surface area contributed by atoms with Crippen LogP contribution in [0.3, 0.4) is 0 Å². The highest BCUT2D eigenvalue weighted by molar-refractivity contribution is 7.57. The summed E-state index contributed by atoms with van der Waals surface area (Å²) in [5.74, 6) is 1.72. The molecular weight excluding hydrogens is 558 g/mol. The number of para-hydroxylation sites is 2. The molecule has 0 saturated carbocycles. The van der Waals surface area contributed by atoms with E-state index in [2.05, 4.69) is 84.9 Å². The summed E-state index contributed by atoms with van der Waals surface area (Å²) in [5.41, 5.74) is 6.73. The molecule has 2 heterocycles. The van der Waals surface area contributed by atoms with Gasteiger partial charge in [-0.2, -0.15) is 0 Å². The number of hydrogen-bond acceptors (Lipinski definition) is 4. The highest BCUT2D eigenvalue weighted by Crippen LogP contribution is 2.51. The van der Waals surface area contributed by atoms with Crippen molar-refractivity contribution >= 4 is 38.1 Å². The van der Waals surface area contributed by atoms with Gasteiger partial charge in [0, 0.05) is 11.1 Å². The molecule has 0 fully saturated rings. The molecule has 42 heavy (non-hydrogen) atoms. The molecule has 8 rings (SSSR count). The van der Waals surface area contributed by atoms with E-state index in [0.717, 1.165) is 49.7 Å². The van der Waals surface area contributed by atoms with Gasteiger partial charge in [-0.1, -0.05) is 109 Å². The highest BCUT2D eigenvalue weighted by Gasteiger charge is 2.30. The van der Waals surface area contributed by atoms with Crippen LogP contribution in [0.5, 0.6) is 11.5 Å². The van der Waals surface area contributed by atoms with E-state index in [4.69, 9.17) is 18.1 Å². The Bertz CT molecular complexity index is 1940. The second-order valence-corrected chi connectivity index (χ2v) is 13.1. The maximum absolute atomic E-state index is 6.66. The summed E-state index contributed by atoms with van der Waals surface area (Å²) in [6.07, 6.45) is 0. The van der Waals surface area contributed by atoms with Crippen LogP contribution >= 0.6 is 16.8 Å². The van der Waals surface area contributed by atoms with Crippen molar-refractivity contribution in [1.29, 1.82) is 0 Å². The molecule has 0 radical (unpaired) electrons. The Labute approximate surface area is 247 Å². The molecule has 0 spiro atoms. The zero-order valence-corrected chi connectivity index (χ0v) is 24.4. The van der Waals surface area contributed by atoms with E-state index in [9.17, 15) is 0 Å². The average molecular weight is 585 g/mol. The SMILES string of the molecule is c1ccc2c(c1)OP(OCc1ccc3ccccc3c1COP1Oc3ccccc3-c3ccccc31)c1ccccc1-2. The van der Waals surface area contributed by atoms with E-state index in [1.807, 2.05) is 48.5 Å². The molecule has 2 aliphatic heterocycles. The summed E-state index contributed by atoms with van der Waals surface area (Å²) in [6, 6.07) is 45.8. The number of fused-ring (bicyclic) bond motifs is 7. The molecule has 2 aliphatic rings. The highest BCUT2D eigenvalue weighted by atomic mass is 31.2. The van der Waals surface area contributed by atoms with Gasteiger partial charge < -0.3 is 18.1 Å². The molecule has 4 nitrogen and oxygen atoms in total. The molecule has 0 amide bonds. The molecule has 6 aromatic rings. The summed E-state index contributed by atoms with van der Waals surface area (Å²) < 4.78 is 26.1. The van der Waals surface area contributed by atoms with E-state index >= 15 is 0 Å². The Hall–Kier alpha value is -4.04. The van der Waals surface area contributed by atoms with Crippen molar-refractivity contribution in [3.05, 3.63) is 145 Å². The predicted octanol–water partition coefficient (Wildman–Crippen LogP) is 9.27. The molecule has 204 valence electrons. The molecule has 6 heteroatoms. The third kappa shape index (κ3) is 4.58. The first kappa shape index (κ1) is 25.7. The standard InChI is InChI=1S/C36H26O4P2/c1-2-12-27-25(11-1)21-22-26(23-37-41-35-19-9-5-15-30(35)28-13-3-7-17-33(28)39-41)32(27)24-38-42-36-20-10-6-16-31(36)29-14-4-8-18-34(29)40-42/h1-22H,23-24H2. The minimum absolute atomic E-state index is 0.403. The minimum atomic E-state index is -1.31. The fourth-order valence-corrected chi connectivity index (χ4v) is 8.62. The smallest absolute Gasteiger partial charge is 0.266 e. The molecule has 0 N–H and O–H groups in total. The first-order valence-electron chi connectivity index (χ1n) is 13.9. The van der Waals surface area contributed by atoms with Crippen LogP contribution in [0.2, 0.25) is 0 Å². The fourth-order valence-electron chi connectivity index (χ4n) is 5.67. The minimum Gasteiger partial charge on any atom is -0.443 e. The van der Waals surface area contributed by atoms with Gasteiger partial charge in [-0.05, 0) is 57.3 Å². The Balaban J connectivity index is 1.10. The van der Waals surface area contributed by atoms with Crippen molar-refractivity contribution in [1.82, 2.24) is 0 Å². The second kappa shape index (κ2) is 11.0. The number of hydrogen-bond donors (Lipinski definition) is 0.